The Morgan fingerprint density at radius 1 is 1.58 bits per heavy atom. The van der Waals surface area contributed by atoms with Gasteiger partial charge >= 0.3 is 5.97 Å². The first-order chi connectivity index (χ1) is 9.20. The van der Waals surface area contributed by atoms with E-state index in [4.69, 9.17) is 4.74 Å². The summed E-state index contributed by atoms with van der Waals surface area (Å²) in [5, 5.41) is 3.13. The zero-order chi connectivity index (χ0) is 13.7. The molecule has 0 spiro atoms. The topological polar surface area (TPSA) is 47.6 Å². The highest BCUT2D eigenvalue weighted by atomic mass is 19.1. The highest BCUT2D eigenvalue weighted by Gasteiger charge is 2.14. The molecule has 0 aliphatic carbocycles. The maximum atomic E-state index is 13.4. The van der Waals surface area contributed by atoms with Crippen molar-refractivity contribution in [1.29, 1.82) is 0 Å². The molecule has 1 aromatic rings. The molecule has 0 aromatic heterocycles. The van der Waals surface area contributed by atoms with Gasteiger partial charge in [-0.3, -0.25) is 0 Å². The van der Waals surface area contributed by atoms with Gasteiger partial charge in [0.1, 0.15) is 11.9 Å². The minimum atomic E-state index is -0.682. The number of rotatable bonds is 4. The fourth-order valence-electron chi connectivity index (χ4n) is 1.87. The van der Waals surface area contributed by atoms with E-state index in [0.717, 1.165) is 12.8 Å². The summed E-state index contributed by atoms with van der Waals surface area (Å²) in [6, 6.07) is 4.27. The van der Waals surface area contributed by atoms with Crippen LogP contribution in [0.5, 0.6) is 0 Å². The van der Waals surface area contributed by atoms with Gasteiger partial charge in [-0.25, -0.2) is 9.18 Å². The summed E-state index contributed by atoms with van der Waals surface area (Å²) < 4.78 is 23.4. The molecule has 4 nitrogen and oxygen atoms in total. The number of carbonyl (C=O) groups excluding carboxylic acids is 1. The fourth-order valence-corrected chi connectivity index (χ4v) is 1.87. The molecule has 1 aromatic carbocycles. The fraction of sp³-hybridized carbons (Fsp3) is 0.357. The molecule has 1 atom stereocenters. The maximum absolute atomic E-state index is 13.4. The Bertz CT molecular complexity index is 488. The van der Waals surface area contributed by atoms with Gasteiger partial charge in [0.05, 0.1) is 25.5 Å². The quantitative estimate of drug-likeness (QED) is 0.850. The lowest BCUT2D eigenvalue weighted by Crippen LogP contribution is -2.23. The van der Waals surface area contributed by atoms with Crippen molar-refractivity contribution in [2.24, 2.45) is 0 Å². The van der Waals surface area contributed by atoms with Gasteiger partial charge in [0.15, 0.2) is 0 Å². The lowest BCUT2D eigenvalue weighted by molar-refractivity contribution is 0.0595. The Labute approximate surface area is 111 Å². The average Bonchev–Trinajstić information content (AvgIpc) is 2.46. The molecule has 0 amide bonds. The molecule has 5 heteroatoms. The van der Waals surface area contributed by atoms with Crippen molar-refractivity contribution in [3.63, 3.8) is 0 Å². The third-order valence-electron chi connectivity index (χ3n) is 2.93. The highest BCUT2D eigenvalue weighted by Crippen LogP contribution is 2.17. The first-order valence-electron chi connectivity index (χ1n) is 6.13. The Balaban J connectivity index is 2.00. The van der Waals surface area contributed by atoms with Crippen LogP contribution in [0.25, 0.3) is 0 Å². The number of hydrogen-bond donors (Lipinski definition) is 1. The van der Waals surface area contributed by atoms with Crippen LogP contribution in [0.2, 0.25) is 0 Å². The molecule has 0 bridgehead atoms. The van der Waals surface area contributed by atoms with Gasteiger partial charge in [-0.05, 0) is 37.1 Å². The largest absolute Gasteiger partial charge is 0.497 e. The van der Waals surface area contributed by atoms with E-state index in [2.05, 4.69) is 10.1 Å². The third kappa shape index (κ3) is 3.47. The second kappa shape index (κ2) is 6.22. The number of carbonyl (C=O) groups is 1. The molecule has 102 valence electrons. The number of esters is 1. The summed E-state index contributed by atoms with van der Waals surface area (Å²) in [5.41, 5.74) is 0.594. The Hall–Kier alpha value is -2.04. The number of ether oxygens (including phenoxy) is 2. The first-order valence-corrected chi connectivity index (χ1v) is 6.13. The van der Waals surface area contributed by atoms with E-state index in [1.54, 1.807) is 12.3 Å². The van der Waals surface area contributed by atoms with E-state index in [-0.39, 0.29) is 11.7 Å². The monoisotopic (exact) mass is 265 g/mol. The van der Waals surface area contributed by atoms with Crippen LogP contribution in [0.1, 0.15) is 23.2 Å². The van der Waals surface area contributed by atoms with Gasteiger partial charge in [0.2, 0.25) is 0 Å². The van der Waals surface area contributed by atoms with Gasteiger partial charge in [-0.2, -0.15) is 0 Å². The molecule has 1 heterocycles. The lowest BCUT2D eigenvalue weighted by Gasteiger charge is -2.20. The van der Waals surface area contributed by atoms with Crippen LogP contribution in [0, 0.1) is 5.82 Å². The SMILES string of the molecule is COC(=O)c1cc(NCC2CCC=CO2)ccc1F. The van der Waals surface area contributed by atoms with Crippen molar-refractivity contribution in [2.45, 2.75) is 18.9 Å². The van der Waals surface area contributed by atoms with E-state index in [1.807, 2.05) is 6.08 Å². The van der Waals surface area contributed by atoms with Crippen molar-refractivity contribution >= 4 is 11.7 Å². The molecule has 0 fully saturated rings. The molecule has 1 unspecified atom stereocenters. The van der Waals surface area contributed by atoms with Gasteiger partial charge in [-0.1, -0.05) is 0 Å². The van der Waals surface area contributed by atoms with Crippen molar-refractivity contribution in [3.8, 4) is 0 Å². The summed E-state index contributed by atoms with van der Waals surface area (Å²) >= 11 is 0. The zero-order valence-corrected chi connectivity index (χ0v) is 10.7. The summed E-state index contributed by atoms with van der Waals surface area (Å²) in [6.45, 7) is 0.608. The van der Waals surface area contributed by atoms with Crippen LogP contribution in [-0.4, -0.2) is 25.7 Å². The molecule has 1 aliphatic heterocycles. The normalized spacial score (nSPS) is 17.7. The molecular weight excluding hydrogens is 249 g/mol. The Morgan fingerprint density at radius 3 is 3.11 bits per heavy atom. The Morgan fingerprint density at radius 2 is 2.42 bits per heavy atom. The van der Waals surface area contributed by atoms with Crippen LogP contribution in [0.4, 0.5) is 10.1 Å². The predicted octanol–water partition coefficient (Wildman–Crippen LogP) is 2.72. The van der Waals surface area contributed by atoms with Gasteiger partial charge in [0, 0.05) is 5.69 Å². The van der Waals surface area contributed by atoms with Gasteiger partial charge < -0.3 is 14.8 Å². The van der Waals surface area contributed by atoms with Crippen LogP contribution >= 0.6 is 0 Å². The number of hydrogen-bond acceptors (Lipinski definition) is 4. The van der Waals surface area contributed by atoms with Crippen LogP contribution in [0.3, 0.4) is 0 Å². The van der Waals surface area contributed by atoms with Crippen molar-refractivity contribution in [3.05, 3.63) is 41.9 Å². The van der Waals surface area contributed by atoms with E-state index in [0.29, 0.717) is 12.2 Å². The number of benzene rings is 1. The lowest BCUT2D eigenvalue weighted by atomic mass is 10.1. The summed E-state index contributed by atoms with van der Waals surface area (Å²) in [6.07, 6.45) is 5.69. The first kappa shape index (κ1) is 13.4. The van der Waals surface area contributed by atoms with E-state index >= 15 is 0 Å². The average molecular weight is 265 g/mol. The predicted molar refractivity (Wildman–Crippen MR) is 69.5 cm³/mol. The van der Waals surface area contributed by atoms with Crippen molar-refractivity contribution in [1.82, 2.24) is 0 Å². The number of allylic oxidation sites excluding steroid dienone is 1. The number of halogens is 1. The number of nitrogens with one attached hydrogen (secondary N) is 1. The number of anilines is 1. The minimum absolute atomic E-state index is 0.0723. The second-order valence-corrected chi connectivity index (χ2v) is 4.27. The molecule has 19 heavy (non-hydrogen) atoms. The number of methoxy groups -OCH3 is 1. The van der Waals surface area contributed by atoms with Crippen LogP contribution < -0.4 is 5.32 Å². The Kier molecular flexibility index (Phi) is 4.39. The molecule has 1 aliphatic rings. The van der Waals surface area contributed by atoms with E-state index in [9.17, 15) is 9.18 Å². The molecule has 0 saturated carbocycles. The van der Waals surface area contributed by atoms with E-state index < -0.39 is 11.8 Å². The molecular formula is C14H16FNO3. The van der Waals surface area contributed by atoms with Gasteiger partial charge in [0.25, 0.3) is 0 Å². The zero-order valence-electron chi connectivity index (χ0n) is 10.7. The van der Waals surface area contributed by atoms with Crippen LogP contribution in [-0.2, 0) is 9.47 Å². The summed E-state index contributed by atoms with van der Waals surface area (Å²) in [7, 11) is 1.23. The highest BCUT2D eigenvalue weighted by molar-refractivity contribution is 5.90. The summed E-state index contributed by atoms with van der Waals surface area (Å²) in [4.78, 5) is 11.4. The minimum Gasteiger partial charge on any atom is -0.497 e. The molecule has 0 radical (unpaired) electrons. The van der Waals surface area contributed by atoms with Crippen molar-refractivity contribution < 1.29 is 18.7 Å². The van der Waals surface area contributed by atoms with E-state index in [1.165, 1.54) is 19.2 Å². The molecule has 1 N–H and O–H groups in total. The second-order valence-electron chi connectivity index (χ2n) is 4.27. The molecule has 0 saturated heterocycles. The standard InChI is InChI=1S/C14H16FNO3/c1-18-14(17)12-8-10(5-6-13(12)15)16-9-11-4-2-3-7-19-11/h3,5-8,11,16H,2,4,9H2,1H3. The smallest absolute Gasteiger partial charge is 0.340 e. The van der Waals surface area contributed by atoms with Crippen LogP contribution in [0.15, 0.2) is 30.5 Å². The summed E-state index contributed by atoms with van der Waals surface area (Å²) in [5.74, 6) is -1.27. The third-order valence-corrected chi connectivity index (χ3v) is 2.93. The molecule has 2 rings (SSSR count). The maximum Gasteiger partial charge on any atom is 0.340 e. The van der Waals surface area contributed by atoms with Gasteiger partial charge in [-0.15, -0.1) is 0 Å². The van der Waals surface area contributed by atoms with Crippen molar-refractivity contribution in [2.75, 3.05) is 19.0 Å².